The number of aromatic amines is 1. The van der Waals surface area contributed by atoms with Crippen molar-refractivity contribution >= 4 is 16.8 Å². The molecule has 0 aliphatic heterocycles. The Balaban J connectivity index is 1.48. The van der Waals surface area contributed by atoms with Crippen LogP contribution in [0.25, 0.3) is 10.9 Å². The number of carbonyl (C=O) groups is 1. The van der Waals surface area contributed by atoms with Crippen molar-refractivity contribution in [1.29, 1.82) is 0 Å². The van der Waals surface area contributed by atoms with Gasteiger partial charge < -0.3 is 10.3 Å². The van der Waals surface area contributed by atoms with Gasteiger partial charge in [0.1, 0.15) is 5.82 Å². The average Bonchev–Trinajstić information content (AvgIpc) is 2.66. The molecule has 8 heteroatoms. The molecule has 0 bridgehead atoms. The normalized spacial score (nSPS) is 11.5. The number of nitrogens with one attached hydrogen (secondary N) is 2. The minimum atomic E-state index is -4.38. The van der Waals surface area contributed by atoms with Crippen LogP contribution in [-0.4, -0.2) is 15.9 Å². The number of para-hydroxylation sites is 1. The predicted molar refractivity (Wildman–Crippen MR) is 98.6 cm³/mol. The molecular formula is C20H18F3N3O2. The smallest absolute Gasteiger partial charge is 0.352 e. The summed E-state index contributed by atoms with van der Waals surface area (Å²) in [4.78, 5) is 31.0. The molecule has 0 fully saturated rings. The van der Waals surface area contributed by atoms with Gasteiger partial charge in [-0.05, 0) is 36.2 Å². The van der Waals surface area contributed by atoms with Crippen LogP contribution >= 0.6 is 0 Å². The summed E-state index contributed by atoms with van der Waals surface area (Å²) >= 11 is 0. The van der Waals surface area contributed by atoms with Crippen molar-refractivity contribution in [3.05, 3.63) is 75.8 Å². The molecule has 0 spiro atoms. The molecule has 0 aliphatic carbocycles. The van der Waals surface area contributed by atoms with Gasteiger partial charge in [0.2, 0.25) is 5.91 Å². The van der Waals surface area contributed by atoms with Crippen molar-refractivity contribution in [3.63, 3.8) is 0 Å². The van der Waals surface area contributed by atoms with E-state index in [4.69, 9.17) is 0 Å². The Kier molecular flexibility index (Phi) is 5.77. The summed E-state index contributed by atoms with van der Waals surface area (Å²) < 4.78 is 37.6. The lowest BCUT2D eigenvalue weighted by Crippen LogP contribution is -2.22. The van der Waals surface area contributed by atoms with E-state index in [0.717, 1.165) is 12.1 Å². The van der Waals surface area contributed by atoms with Gasteiger partial charge in [-0.3, -0.25) is 9.59 Å². The Bertz CT molecular complexity index is 1030. The highest BCUT2D eigenvalue weighted by atomic mass is 19.4. The topological polar surface area (TPSA) is 74.8 Å². The van der Waals surface area contributed by atoms with Crippen LogP contribution in [0.2, 0.25) is 0 Å². The van der Waals surface area contributed by atoms with E-state index < -0.39 is 11.7 Å². The highest BCUT2D eigenvalue weighted by Crippen LogP contribution is 2.29. The number of hydrogen-bond donors (Lipinski definition) is 2. The summed E-state index contributed by atoms with van der Waals surface area (Å²) in [6.45, 7) is 0.155. The van der Waals surface area contributed by atoms with Crippen molar-refractivity contribution in [2.45, 2.75) is 32.0 Å². The summed E-state index contributed by atoms with van der Waals surface area (Å²) in [5.74, 6) is 0.294. The lowest BCUT2D eigenvalue weighted by molar-refractivity contribution is -0.137. The molecular weight excluding hydrogens is 371 g/mol. The minimum Gasteiger partial charge on any atom is -0.352 e. The quantitative estimate of drug-likeness (QED) is 0.677. The predicted octanol–water partition coefficient (Wildman–Crippen LogP) is 3.58. The van der Waals surface area contributed by atoms with Crippen molar-refractivity contribution in [2.24, 2.45) is 0 Å². The Morgan fingerprint density at radius 2 is 1.79 bits per heavy atom. The molecule has 0 aliphatic rings. The van der Waals surface area contributed by atoms with E-state index in [1.807, 2.05) is 0 Å². The zero-order valence-corrected chi connectivity index (χ0v) is 14.8. The number of H-pyrrole nitrogens is 1. The third-order valence-corrected chi connectivity index (χ3v) is 4.25. The van der Waals surface area contributed by atoms with Crippen molar-refractivity contribution in [2.75, 3.05) is 0 Å². The van der Waals surface area contributed by atoms with Gasteiger partial charge in [-0.2, -0.15) is 13.2 Å². The van der Waals surface area contributed by atoms with Crippen LogP contribution in [0.3, 0.4) is 0 Å². The second-order valence-electron chi connectivity index (χ2n) is 6.35. The fraction of sp³-hybridized carbons (Fsp3) is 0.250. The summed E-state index contributed by atoms with van der Waals surface area (Å²) in [5, 5.41) is 3.19. The molecule has 1 amide bonds. The SMILES string of the molecule is O=C(CCCc1nc2ccccc2c(=O)[nH]1)NCc1ccc(C(F)(F)F)cc1. The molecule has 0 radical (unpaired) electrons. The summed E-state index contributed by atoms with van der Waals surface area (Å²) in [5.41, 5.74) is 0.252. The molecule has 2 aromatic carbocycles. The first-order valence-electron chi connectivity index (χ1n) is 8.74. The highest BCUT2D eigenvalue weighted by Gasteiger charge is 2.29. The van der Waals surface area contributed by atoms with Gasteiger partial charge in [0, 0.05) is 19.4 Å². The maximum absolute atomic E-state index is 12.5. The maximum Gasteiger partial charge on any atom is 0.416 e. The number of alkyl halides is 3. The molecule has 1 aromatic heterocycles. The number of benzene rings is 2. The molecule has 2 N–H and O–H groups in total. The highest BCUT2D eigenvalue weighted by molar-refractivity contribution is 5.77. The zero-order valence-electron chi connectivity index (χ0n) is 14.8. The first-order chi connectivity index (χ1) is 13.3. The van der Waals surface area contributed by atoms with Gasteiger partial charge >= 0.3 is 6.18 Å². The van der Waals surface area contributed by atoms with Crippen molar-refractivity contribution in [1.82, 2.24) is 15.3 Å². The molecule has 0 unspecified atom stereocenters. The van der Waals surface area contributed by atoms with Gasteiger partial charge in [-0.25, -0.2) is 4.98 Å². The number of aryl methyl sites for hydroxylation is 1. The fourth-order valence-corrected chi connectivity index (χ4v) is 2.77. The molecule has 3 aromatic rings. The Hall–Kier alpha value is -3.16. The van der Waals surface area contributed by atoms with Crippen LogP contribution in [0.4, 0.5) is 13.2 Å². The van der Waals surface area contributed by atoms with Gasteiger partial charge in [-0.15, -0.1) is 0 Å². The van der Waals surface area contributed by atoms with E-state index in [2.05, 4.69) is 15.3 Å². The second-order valence-corrected chi connectivity index (χ2v) is 6.35. The zero-order chi connectivity index (χ0) is 20.1. The number of hydrogen-bond acceptors (Lipinski definition) is 3. The van der Waals surface area contributed by atoms with E-state index in [-0.39, 0.29) is 24.4 Å². The lowest BCUT2D eigenvalue weighted by Gasteiger charge is -2.09. The average molecular weight is 389 g/mol. The monoisotopic (exact) mass is 389 g/mol. The fourth-order valence-electron chi connectivity index (χ4n) is 2.77. The largest absolute Gasteiger partial charge is 0.416 e. The molecule has 0 saturated heterocycles. The van der Waals surface area contributed by atoms with E-state index in [0.29, 0.717) is 35.1 Å². The third kappa shape index (κ3) is 4.97. The molecule has 3 rings (SSSR count). The van der Waals surface area contributed by atoms with Crippen LogP contribution in [-0.2, 0) is 23.9 Å². The summed E-state index contributed by atoms with van der Waals surface area (Å²) in [7, 11) is 0. The van der Waals surface area contributed by atoms with E-state index in [9.17, 15) is 22.8 Å². The third-order valence-electron chi connectivity index (χ3n) is 4.25. The van der Waals surface area contributed by atoms with Crippen LogP contribution in [0.1, 0.15) is 29.8 Å². The van der Waals surface area contributed by atoms with E-state index >= 15 is 0 Å². The number of nitrogens with zero attached hydrogens (tertiary/aromatic N) is 1. The molecule has 0 atom stereocenters. The van der Waals surface area contributed by atoms with Crippen molar-refractivity contribution < 1.29 is 18.0 Å². The number of carbonyl (C=O) groups excluding carboxylic acids is 1. The van der Waals surface area contributed by atoms with Crippen LogP contribution in [0, 0.1) is 0 Å². The van der Waals surface area contributed by atoms with Crippen LogP contribution < -0.4 is 10.9 Å². The standard InChI is InChI=1S/C20H18F3N3O2/c21-20(22,23)14-10-8-13(9-11-14)12-24-18(27)7-3-6-17-25-16-5-2-1-4-15(16)19(28)26-17/h1-2,4-5,8-11H,3,6-7,12H2,(H,24,27)(H,25,26,28). The minimum absolute atomic E-state index is 0.155. The Morgan fingerprint density at radius 1 is 1.07 bits per heavy atom. The maximum atomic E-state index is 12.5. The van der Waals surface area contributed by atoms with Crippen LogP contribution in [0.15, 0.2) is 53.3 Å². The van der Waals surface area contributed by atoms with E-state index in [1.54, 1.807) is 24.3 Å². The number of rotatable bonds is 6. The van der Waals surface area contributed by atoms with Gasteiger partial charge in [0.05, 0.1) is 16.5 Å². The van der Waals surface area contributed by atoms with E-state index in [1.165, 1.54) is 12.1 Å². The second kappa shape index (κ2) is 8.24. The van der Waals surface area contributed by atoms with Gasteiger partial charge in [0.25, 0.3) is 5.56 Å². The van der Waals surface area contributed by atoms with Gasteiger partial charge in [-0.1, -0.05) is 24.3 Å². The number of amides is 1. The lowest BCUT2D eigenvalue weighted by atomic mass is 10.1. The van der Waals surface area contributed by atoms with Crippen molar-refractivity contribution in [3.8, 4) is 0 Å². The number of fused-ring (bicyclic) bond motifs is 1. The molecule has 5 nitrogen and oxygen atoms in total. The number of aromatic nitrogens is 2. The molecule has 1 heterocycles. The van der Waals surface area contributed by atoms with Crippen LogP contribution in [0.5, 0.6) is 0 Å². The van der Waals surface area contributed by atoms with Gasteiger partial charge in [0.15, 0.2) is 0 Å². The first kappa shape index (κ1) is 19.6. The molecule has 0 saturated carbocycles. The first-order valence-corrected chi connectivity index (χ1v) is 8.74. The Morgan fingerprint density at radius 3 is 2.50 bits per heavy atom. The number of halogens is 3. The summed E-state index contributed by atoms with van der Waals surface area (Å²) in [6.07, 6.45) is -3.23. The molecule has 28 heavy (non-hydrogen) atoms. The summed E-state index contributed by atoms with van der Waals surface area (Å²) in [6, 6.07) is 11.7. The molecule has 146 valence electrons. The Labute approximate surface area is 158 Å².